The van der Waals surface area contributed by atoms with Crippen LogP contribution in [0.5, 0.6) is 0 Å². The summed E-state index contributed by atoms with van der Waals surface area (Å²) in [4.78, 5) is 56.7. The lowest BCUT2D eigenvalue weighted by Crippen LogP contribution is -2.59. The van der Waals surface area contributed by atoms with E-state index in [1.54, 1.807) is 0 Å². The molecule has 1 aliphatic heterocycles. The molecule has 1 saturated heterocycles. The molecule has 2 aromatic carbocycles. The fraction of sp³-hybridized carbons (Fsp3) is 0.400. The number of amides is 3. The van der Waals surface area contributed by atoms with E-state index in [0.29, 0.717) is 16.5 Å². The number of hydrogen-bond donors (Lipinski definition) is 4. The lowest BCUT2D eigenvalue weighted by Gasteiger charge is -2.32. The molecule has 6 rings (SSSR count). The van der Waals surface area contributed by atoms with Crippen molar-refractivity contribution in [3.63, 3.8) is 0 Å². The number of hydrogen-bond acceptors (Lipinski definition) is 9. The van der Waals surface area contributed by atoms with Crippen LogP contribution in [0.15, 0.2) is 77.7 Å². The molecular formula is C35H39N5O9. The topological polar surface area (TPSA) is 184 Å². The van der Waals surface area contributed by atoms with Crippen molar-refractivity contribution >= 4 is 23.9 Å². The molecule has 0 spiro atoms. The number of nitrogens with one attached hydrogen (secondary N) is 1. The fourth-order valence-corrected chi connectivity index (χ4v) is 6.94. The smallest absolute Gasteiger partial charge is 0.434 e. The molecule has 4 N–H and O–H groups in total. The summed E-state index contributed by atoms with van der Waals surface area (Å²) in [6.07, 6.45) is 0.505. The average molecular weight is 674 g/mol. The third-order valence-electron chi connectivity index (χ3n) is 9.47. The minimum atomic E-state index is -1.70. The van der Waals surface area contributed by atoms with E-state index < -0.39 is 54.6 Å². The highest BCUT2D eigenvalue weighted by molar-refractivity contribution is 5.91. The van der Waals surface area contributed by atoms with Gasteiger partial charge in [0.15, 0.2) is 12.0 Å². The minimum absolute atomic E-state index is 0.0780. The Morgan fingerprint density at radius 3 is 2.27 bits per heavy atom. The summed E-state index contributed by atoms with van der Waals surface area (Å²) in [6, 6.07) is 16.7. The zero-order chi connectivity index (χ0) is 34.7. The number of aromatic nitrogens is 2. The average Bonchev–Trinajstić information content (AvgIpc) is 3.58. The Morgan fingerprint density at radius 1 is 1.02 bits per heavy atom. The summed E-state index contributed by atoms with van der Waals surface area (Å²) in [5.41, 5.74) is 5.40. The summed E-state index contributed by atoms with van der Waals surface area (Å²) in [7, 11) is 0. The highest BCUT2D eigenvalue weighted by Gasteiger charge is 2.39. The first kappa shape index (κ1) is 33.8. The van der Waals surface area contributed by atoms with E-state index in [4.69, 9.17) is 9.47 Å². The number of anilines is 1. The van der Waals surface area contributed by atoms with Crippen LogP contribution < -0.4 is 16.1 Å². The fourth-order valence-electron chi connectivity index (χ4n) is 6.94. The highest BCUT2D eigenvalue weighted by atomic mass is 16.6. The molecule has 0 radical (unpaired) electrons. The van der Waals surface area contributed by atoms with Gasteiger partial charge < -0.3 is 24.8 Å². The van der Waals surface area contributed by atoms with Crippen LogP contribution in [-0.2, 0) is 14.3 Å². The second kappa shape index (κ2) is 14.6. The van der Waals surface area contributed by atoms with Gasteiger partial charge >= 0.3 is 17.9 Å². The second-order valence-corrected chi connectivity index (χ2v) is 12.5. The monoisotopic (exact) mass is 673 g/mol. The number of aliphatic hydroxyl groups excluding tert-OH is 2. The number of carbonyl (C=O) groups is 3. The Morgan fingerprint density at radius 2 is 1.67 bits per heavy atom. The maximum absolute atomic E-state index is 13.7. The molecule has 1 saturated carbocycles. The van der Waals surface area contributed by atoms with Crippen molar-refractivity contribution in [1.82, 2.24) is 20.1 Å². The maximum atomic E-state index is 13.7. The maximum Gasteiger partial charge on any atom is 0.434 e. The van der Waals surface area contributed by atoms with Crippen molar-refractivity contribution in [1.29, 1.82) is 0 Å². The van der Waals surface area contributed by atoms with Crippen molar-refractivity contribution < 1.29 is 39.2 Å². The molecule has 14 heteroatoms. The van der Waals surface area contributed by atoms with E-state index in [-0.39, 0.29) is 30.4 Å². The molecule has 3 atom stereocenters. The van der Waals surface area contributed by atoms with Gasteiger partial charge in [-0.1, -0.05) is 87.2 Å². The van der Waals surface area contributed by atoms with Crippen molar-refractivity contribution in [3.8, 4) is 11.1 Å². The molecule has 3 aromatic rings. The van der Waals surface area contributed by atoms with Gasteiger partial charge in [0, 0.05) is 24.1 Å². The number of ether oxygens (including phenoxy) is 2. The summed E-state index contributed by atoms with van der Waals surface area (Å²) in [5.74, 6) is -1.22. The van der Waals surface area contributed by atoms with Crippen LogP contribution >= 0.6 is 0 Å². The van der Waals surface area contributed by atoms with Gasteiger partial charge in [-0.3, -0.25) is 9.36 Å². The molecule has 14 nitrogen and oxygen atoms in total. The number of carbonyl (C=O) groups excluding carboxylic acids is 2. The quantitative estimate of drug-likeness (QED) is 0.201. The highest BCUT2D eigenvalue weighted by Crippen LogP contribution is 2.44. The van der Waals surface area contributed by atoms with Gasteiger partial charge in [0.2, 0.25) is 0 Å². The Hall–Kier alpha value is -5.05. The van der Waals surface area contributed by atoms with E-state index in [2.05, 4.69) is 17.0 Å². The predicted molar refractivity (Wildman–Crippen MR) is 176 cm³/mol. The zero-order valence-corrected chi connectivity index (χ0v) is 26.8. The van der Waals surface area contributed by atoms with E-state index in [1.807, 2.05) is 48.5 Å². The molecule has 49 heavy (non-hydrogen) atoms. The Labute approximate surface area is 282 Å². The van der Waals surface area contributed by atoms with Gasteiger partial charge in [-0.2, -0.15) is 4.98 Å². The van der Waals surface area contributed by atoms with Gasteiger partial charge in [0.05, 0.1) is 6.61 Å². The van der Waals surface area contributed by atoms with Crippen molar-refractivity contribution in [2.45, 2.75) is 69.3 Å². The minimum Gasteiger partial charge on any atom is -0.463 e. The SMILES string of the molecule is C=C1[C@H](n2ccc(N(C(=O)O)N(NC(=O)OCC3c4ccccc4-c4ccccc43)C(=O)CCC3CCCCC3)nc2=O)O[C@H](CO)[C@H]1O. The Bertz CT molecular complexity index is 1740. The number of rotatable bonds is 8. The molecule has 3 amide bonds. The van der Waals surface area contributed by atoms with Crippen LogP contribution in [-0.4, -0.2) is 73.5 Å². The van der Waals surface area contributed by atoms with Crippen LogP contribution in [0.4, 0.5) is 15.4 Å². The van der Waals surface area contributed by atoms with Crippen molar-refractivity contribution in [2.24, 2.45) is 5.92 Å². The van der Waals surface area contributed by atoms with Gasteiger partial charge in [-0.15, -0.1) is 10.1 Å². The van der Waals surface area contributed by atoms with Crippen molar-refractivity contribution in [3.05, 3.63) is 94.6 Å². The first-order chi connectivity index (χ1) is 23.7. The second-order valence-electron chi connectivity index (χ2n) is 12.5. The van der Waals surface area contributed by atoms with Gasteiger partial charge in [-0.25, -0.2) is 19.8 Å². The third-order valence-corrected chi connectivity index (χ3v) is 9.47. The van der Waals surface area contributed by atoms with E-state index >= 15 is 0 Å². The van der Waals surface area contributed by atoms with Crippen LogP contribution in [0.3, 0.4) is 0 Å². The van der Waals surface area contributed by atoms with Crippen molar-refractivity contribution in [2.75, 3.05) is 18.2 Å². The molecule has 2 fully saturated rings. The van der Waals surface area contributed by atoms with Crippen LogP contribution in [0.2, 0.25) is 0 Å². The summed E-state index contributed by atoms with van der Waals surface area (Å²) in [5, 5.41) is 31.0. The molecular weight excluding hydrogens is 634 g/mol. The standard InChI is InChI=1S/C35H39N5O9/c1-21-31(43)28(19-41)49-32(21)38-18-17-29(36-33(38)44)39(35(46)47)40(30(42)16-15-22-9-3-2-4-10-22)37-34(45)48-20-27-25-13-7-5-11-23(25)24-12-6-8-14-26(24)27/h5-8,11-14,17-18,22,27-28,31-32,41,43H,1-4,9-10,15-16,19-20H2,(H,37,45)(H,46,47)/t28-,31+,32-/m1/s1. The van der Waals surface area contributed by atoms with Gasteiger partial charge in [0.1, 0.15) is 18.8 Å². The van der Waals surface area contributed by atoms with E-state index in [0.717, 1.165) is 65.0 Å². The Balaban J connectivity index is 1.24. The van der Waals surface area contributed by atoms with Gasteiger partial charge in [-0.05, 0) is 40.7 Å². The number of aliphatic hydroxyl groups is 2. The number of fused-ring (bicyclic) bond motifs is 3. The summed E-state index contributed by atoms with van der Waals surface area (Å²) < 4.78 is 12.1. The predicted octanol–water partition coefficient (Wildman–Crippen LogP) is 4.09. The van der Waals surface area contributed by atoms with Crippen LogP contribution in [0.1, 0.15) is 68.2 Å². The number of carboxylic acid groups (broad SMARTS) is 1. The van der Waals surface area contributed by atoms with E-state index in [9.17, 15) is 34.5 Å². The molecule has 0 bridgehead atoms. The lowest BCUT2D eigenvalue weighted by atomic mass is 9.86. The lowest BCUT2D eigenvalue weighted by molar-refractivity contribution is -0.134. The molecule has 0 unspecified atom stereocenters. The normalized spacial score (nSPS) is 20.4. The van der Waals surface area contributed by atoms with E-state index in [1.165, 1.54) is 6.20 Å². The molecule has 258 valence electrons. The third kappa shape index (κ3) is 6.93. The first-order valence-corrected chi connectivity index (χ1v) is 16.4. The van der Waals surface area contributed by atoms with Gasteiger partial charge in [0.25, 0.3) is 5.91 Å². The summed E-state index contributed by atoms with van der Waals surface area (Å²) >= 11 is 0. The Kier molecular flexibility index (Phi) is 10.1. The summed E-state index contributed by atoms with van der Waals surface area (Å²) in [6.45, 7) is 3.13. The molecule has 2 heterocycles. The number of nitrogens with zero attached hydrogens (tertiary/aromatic N) is 4. The number of benzene rings is 2. The molecule has 2 aliphatic carbocycles. The molecule has 3 aliphatic rings. The number of hydrazine groups is 2. The van der Waals surface area contributed by atoms with Crippen LogP contribution in [0, 0.1) is 5.92 Å². The largest absolute Gasteiger partial charge is 0.463 e. The van der Waals surface area contributed by atoms with Crippen LogP contribution in [0.25, 0.3) is 11.1 Å². The molecule has 1 aromatic heterocycles. The first-order valence-electron chi connectivity index (χ1n) is 16.4. The zero-order valence-electron chi connectivity index (χ0n) is 26.8.